The number of methoxy groups -OCH3 is 1. The van der Waals surface area contributed by atoms with Crippen molar-refractivity contribution in [3.05, 3.63) is 63.9 Å². The minimum absolute atomic E-state index is 0.122. The maximum atomic E-state index is 13.3. The lowest BCUT2D eigenvalue weighted by molar-refractivity contribution is 0.178. The third kappa shape index (κ3) is 3.30. The molecule has 0 radical (unpaired) electrons. The first-order chi connectivity index (χ1) is 9.51. The molecule has 1 atom stereocenters. The van der Waals surface area contributed by atoms with Crippen LogP contribution in [-0.2, 0) is 6.42 Å². The molecule has 0 spiro atoms. The van der Waals surface area contributed by atoms with Gasteiger partial charge in [-0.1, -0.05) is 29.8 Å². The highest BCUT2D eigenvalue weighted by Gasteiger charge is 2.13. The molecule has 0 saturated heterocycles. The highest BCUT2D eigenvalue weighted by Crippen LogP contribution is 2.27. The first-order valence-electron chi connectivity index (χ1n) is 6.28. The highest BCUT2D eigenvalue weighted by atomic mass is 35.5. The molecule has 106 valence electrons. The molecule has 0 aromatic heterocycles. The van der Waals surface area contributed by atoms with Gasteiger partial charge in [-0.15, -0.1) is 0 Å². The predicted molar refractivity (Wildman–Crippen MR) is 77.8 cm³/mol. The Labute approximate surface area is 122 Å². The lowest BCUT2D eigenvalue weighted by Crippen LogP contribution is -2.03. The normalized spacial score (nSPS) is 12.2. The molecular formula is C16H16ClFO2. The Balaban J connectivity index is 2.21. The van der Waals surface area contributed by atoms with Crippen LogP contribution in [0, 0.1) is 12.7 Å². The molecule has 0 aliphatic heterocycles. The SMILES string of the molecule is COc1cc(C(O)Cc2ccc(C)cc2Cl)ccc1F. The van der Waals surface area contributed by atoms with Crippen LogP contribution >= 0.6 is 11.6 Å². The van der Waals surface area contributed by atoms with E-state index in [9.17, 15) is 9.50 Å². The zero-order valence-electron chi connectivity index (χ0n) is 11.4. The zero-order chi connectivity index (χ0) is 14.7. The Morgan fingerprint density at radius 3 is 2.65 bits per heavy atom. The number of hydrogen-bond donors (Lipinski definition) is 1. The van der Waals surface area contributed by atoms with E-state index in [0.29, 0.717) is 17.0 Å². The molecule has 0 bridgehead atoms. The van der Waals surface area contributed by atoms with E-state index in [2.05, 4.69) is 0 Å². The first-order valence-corrected chi connectivity index (χ1v) is 6.65. The number of aliphatic hydroxyl groups is 1. The maximum absolute atomic E-state index is 13.3. The van der Waals surface area contributed by atoms with Crippen LogP contribution in [0.1, 0.15) is 22.8 Å². The van der Waals surface area contributed by atoms with Crippen LogP contribution in [0.15, 0.2) is 36.4 Å². The quantitative estimate of drug-likeness (QED) is 0.921. The molecule has 2 aromatic carbocycles. The zero-order valence-corrected chi connectivity index (χ0v) is 12.1. The van der Waals surface area contributed by atoms with Crippen LogP contribution in [0.4, 0.5) is 4.39 Å². The molecule has 4 heteroatoms. The molecule has 0 fully saturated rings. The van der Waals surface area contributed by atoms with Crippen molar-refractivity contribution in [2.75, 3.05) is 7.11 Å². The summed E-state index contributed by atoms with van der Waals surface area (Å²) in [5.74, 6) is -0.326. The molecule has 0 aliphatic rings. The Morgan fingerprint density at radius 2 is 2.00 bits per heavy atom. The van der Waals surface area contributed by atoms with E-state index in [4.69, 9.17) is 16.3 Å². The molecule has 1 N–H and O–H groups in total. The summed E-state index contributed by atoms with van der Waals surface area (Å²) in [6.07, 6.45) is -0.391. The Kier molecular flexibility index (Phi) is 4.63. The van der Waals surface area contributed by atoms with E-state index in [1.54, 1.807) is 6.07 Å². The van der Waals surface area contributed by atoms with Crippen LogP contribution in [0.25, 0.3) is 0 Å². The van der Waals surface area contributed by atoms with E-state index in [1.165, 1.54) is 19.2 Å². The largest absolute Gasteiger partial charge is 0.494 e. The Hall–Kier alpha value is -1.58. The van der Waals surface area contributed by atoms with Crippen LogP contribution in [0.3, 0.4) is 0 Å². The van der Waals surface area contributed by atoms with Gasteiger partial charge in [-0.3, -0.25) is 0 Å². The van der Waals surface area contributed by atoms with Crippen molar-refractivity contribution in [3.63, 3.8) is 0 Å². The fourth-order valence-electron chi connectivity index (χ4n) is 2.03. The second-order valence-corrected chi connectivity index (χ2v) is 5.12. The van der Waals surface area contributed by atoms with Crippen LogP contribution in [0.2, 0.25) is 5.02 Å². The lowest BCUT2D eigenvalue weighted by atomic mass is 10.0. The van der Waals surface area contributed by atoms with Gasteiger partial charge in [0, 0.05) is 11.4 Å². The summed E-state index contributed by atoms with van der Waals surface area (Å²) in [5, 5.41) is 10.9. The van der Waals surface area contributed by atoms with Gasteiger partial charge in [-0.2, -0.15) is 0 Å². The van der Waals surface area contributed by atoms with Gasteiger partial charge < -0.3 is 9.84 Å². The summed E-state index contributed by atoms with van der Waals surface area (Å²) >= 11 is 6.15. The fourth-order valence-corrected chi connectivity index (χ4v) is 2.34. The number of benzene rings is 2. The molecule has 0 aliphatic carbocycles. The third-order valence-corrected chi connectivity index (χ3v) is 3.53. The van der Waals surface area contributed by atoms with Crippen molar-refractivity contribution >= 4 is 11.6 Å². The predicted octanol–water partition coefficient (Wildman–Crippen LogP) is 4.07. The summed E-state index contributed by atoms with van der Waals surface area (Å²) < 4.78 is 18.3. The average molecular weight is 295 g/mol. The van der Waals surface area contributed by atoms with Gasteiger partial charge in [0.05, 0.1) is 13.2 Å². The monoisotopic (exact) mass is 294 g/mol. The molecule has 0 heterocycles. The van der Waals surface area contributed by atoms with Crippen LogP contribution < -0.4 is 4.74 Å². The number of halogens is 2. The summed E-state index contributed by atoms with van der Waals surface area (Å²) in [6, 6.07) is 10.0. The second-order valence-electron chi connectivity index (χ2n) is 4.71. The molecule has 2 aromatic rings. The minimum Gasteiger partial charge on any atom is -0.494 e. The molecular weight excluding hydrogens is 279 g/mol. The number of aryl methyl sites for hydroxylation is 1. The number of ether oxygens (including phenoxy) is 1. The van der Waals surface area contributed by atoms with Gasteiger partial charge in [0.25, 0.3) is 0 Å². The summed E-state index contributed by atoms with van der Waals surface area (Å²) in [7, 11) is 1.39. The minimum atomic E-state index is -0.760. The van der Waals surface area contributed by atoms with Crippen molar-refractivity contribution in [1.29, 1.82) is 0 Å². The molecule has 2 rings (SSSR count). The van der Waals surface area contributed by atoms with Crippen molar-refractivity contribution in [3.8, 4) is 5.75 Å². The van der Waals surface area contributed by atoms with Gasteiger partial charge in [0.2, 0.25) is 0 Å². The first kappa shape index (κ1) is 14.8. The molecule has 0 amide bonds. The smallest absolute Gasteiger partial charge is 0.165 e. The summed E-state index contributed by atoms with van der Waals surface area (Å²) in [6.45, 7) is 1.96. The van der Waals surface area contributed by atoms with Crippen molar-refractivity contribution < 1.29 is 14.2 Å². The maximum Gasteiger partial charge on any atom is 0.165 e. The number of hydrogen-bond acceptors (Lipinski definition) is 2. The van der Waals surface area contributed by atoms with Gasteiger partial charge in [-0.25, -0.2) is 4.39 Å². The summed E-state index contributed by atoms with van der Waals surface area (Å²) in [4.78, 5) is 0. The van der Waals surface area contributed by atoms with Gasteiger partial charge >= 0.3 is 0 Å². The number of aliphatic hydroxyl groups excluding tert-OH is 1. The van der Waals surface area contributed by atoms with Crippen molar-refractivity contribution in [1.82, 2.24) is 0 Å². The number of rotatable bonds is 4. The lowest BCUT2D eigenvalue weighted by Gasteiger charge is -2.14. The highest BCUT2D eigenvalue weighted by molar-refractivity contribution is 6.31. The standard InChI is InChI=1S/C16H16ClFO2/c1-10-3-4-11(13(17)7-10)8-15(19)12-5-6-14(18)16(9-12)20-2/h3-7,9,15,19H,8H2,1-2H3. The van der Waals surface area contributed by atoms with E-state index >= 15 is 0 Å². The van der Waals surface area contributed by atoms with E-state index < -0.39 is 11.9 Å². The van der Waals surface area contributed by atoms with E-state index in [0.717, 1.165) is 11.1 Å². The average Bonchev–Trinajstić information content (AvgIpc) is 2.42. The third-order valence-electron chi connectivity index (χ3n) is 3.18. The van der Waals surface area contributed by atoms with Crippen molar-refractivity contribution in [2.45, 2.75) is 19.4 Å². The van der Waals surface area contributed by atoms with Crippen molar-refractivity contribution in [2.24, 2.45) is 0 Å². The molecule has 2 nitrogen and oxygen atoms in total. The van der Waals surface area contributed by atoms with E-state index in [-0.39, 0.29) is 5.75 Å². The molecule has 0 saturated carbocycles. The van der Waals surface area contributed by atoms with Gasteiger partial charge in [0.15, 0.2) is 11.6 Å². The second kappa shape index (κ2) is 6.25. The van der Waals surface area contributed by atoms with Gasteiger partial charge in [0.1, 0.15) is 0 Å². The molecule has 20 heavy (non-hydrogen) atoms. The topological polar surface area (TPSA) is 29.5 Å². The summed E-state index contributed by atoms with van der Waals surface area (Å²) in [5.41, 5.74) is 2.52. The fraction of sp³-hybridized carbons (Fsp3) is 0.250. The van der Waals surface area contributed by atoms with Crippen LogP contribution in [-0.4, -0.2) is 12.2 Å². The Morgan fingerprint density at radius 1 is 1.25 bits per heavy atom. The molecule has 1 unspecified atom stereocenters. The van der Waals surface area contributed by atoms with Crippen LogP contribution in [0.5, 0.6) is 5.75 Å². The van der Waals surface area contributed by atoms with E-state index in [1.807, 2.05) is 25.1 Å². The van der Waals surface area contributed by atoms with Gasteiger partial charge in [-0.05, 0) is 41.8 Å². The Bertz CT molecular complexity index is 613.